The van der Waals surface area contributed by atoms with Gasteiger partial charge in [-0.2, -0.15) is 0 Å². The van der Waals surface area contributed by atoms with Gasteiger partial charge < -0.3 is 29.6 Å². The third-order valence-corrected chi connectivity index (χ3v) is 6.41. The van der Waals surface area contributed by atoms with Crippen LogP contribution in [-0.2, 0) is 4.74 Å². The van der Waals surface area contributed by atoms with E-state index in [1.54, 1.807) is 19.1 Å². The largest absolute Gasteiger partial charge is 0.493 e. The van der Waals surface area contributed by atoms with Crippen LogP contribution in [0.5, 0.6) is 17.2 Å². The number of carbonyl (C=O) groups excluding carboxylic acids is 3. The second kappa shape index (κ2) is 10.9. The molecule has 9 nitrogen and oxygen atoms in total. The minimum atomic E-state index is -0.673. The number of esters is 1. The average molecular weight is 499 g/mol. The number of hydrogen-bond acceptors (Lipinski definition) is 8. The number of carbonyl (C=O) groups is 3. The van der Waals surface area contributed by atoms with E-state index >= 15 is 0 Å². The summed E-state index contributed by atoms with van der Waals surface area (Å²) in [5.74, 6) is -0.690. The number of nitrogens with one attached hydrogen (secondary N) is 2. The molecule has 0 saturated carbocycles. The first-order chi connectivity index (χ1) is 16.7. The molecule has 2 amide bonds. The van der Waals surface area contributed by atoms with E-state index < -0.39 is 17.8 Å². The maximum absolute atomic E-state index is 13.1. The first kappa shape index (κ1) is 25.6. The number of amides is 2. The van der Waals surface area contributed by atoms with Gasteiger partial charge in [0, 0.05) is 11.3 Å². The average Bonchev–Trinajstić information content (AvgIpc) is 3.19. The summed E-state index contributed by atoms with van der Waals surface area (Å²) in [5.41, 5.74) is 2.36. The van der Waals surface area contributed by atoms with Crippen LogP contribution in [0.25, 0.3) is 0 Å². The van der Waals surface area contributed by atoms with E-state index in [2.05, 4.69) is 10.6 Å². The molecule has 0 aliphatic rings. The van der Waals surface area contributed by atoms with Gasteiger partial charge in [-0.1, -0.05) is 17.7 Å². The quantitative estimate of drug-likeness (QED) is 0.434. The van der Waals surface area contributed by atoms with Gasteiger partial charge in [0.15, 0.2) is 11.5 Å². The van der Waals surface area contributed by atoms with Gasteiger partial charge in [-0.25, -0.2) is 4.79 Å². The van der Waals surface area contributed by atoms with Crippen LogP contribution in [-0.4, -0.2) is 46.2 Å². The Hall–Kier alpha value is -4.05. The summed E-state index contributed by atoms with van der Waals surface area (Å²) in [6.45, 7) is 3.57. The Bertz CT molecular complexity index is 1240. The highest BCUT2D eigenvalue weighted by Crippen LogP contribution is 2.39. The lowest BCUT2D eigenvalue weighted by Gasteiger charge is -2.14. The normalized spacial score (nSPS) is 10.3. The zero-order valence-corrected chi connectivity index (χ0v) is 21.0. The highest BCUT2D eigenvalue weighted by Gasteiger charge is 2.27. The number of thiophene rings is 1. The van der Waals surface area contributed by atoms with E-state index in [1.165, 1.54) is 40.6 Å². The Kier molecular flexibility index (Phi) is 7.98. The molecule has 184 valence electrons. The van der Waals surface area contributed by atoms with Crippen LogP contribution in [0.15, 0.2) is 36.4 Å². The summed E-state index contributed by atoms with van der Waals surface area (Å²) >= 11 is 0.979. The molecule has 0 atom stereocenters. The molecule has 10 heteroatoms. The molecule has 0 radical (unpaired) electrons. The lowest BCUT2D eigenvalue weighted by Crippen LogP contribution is -2.15. The fourth-order valence-corrected chi connectivity index (χ4v) is 4.46. The molecule has 3 aromatic rings. The van der Waals surface area contributed by atoms with Crippen LogP contribution in [0, 0.1) is 13.8 Å². The van der Waals surface area contributed by atoms with Crippen molar-refractivity contribution in [2.45, 2.75) is 13.8 Å². The maximum atomic E-state index is 13.1. The number of anilines is 2. The van der Waals surface area contributed by atoms with E-state index in [9.17, 15) is 14.4 Å². The smallest absolute Gasteiger partial charge is 0.341 e. The van der Waals surface area contributed by atoms with Crippen molar-refractivity contribution in [1.29, 1.82) is 0 Å². The Morgan fingerprint density at radius 2 is 1.40 bits per heavy atom. The van der Waals surface area contributed by atoms with Crippen LogP contribution in [0.1, 0.15) is 41.5 Å². The molecular formula is C25H26N2O7S. The summed E-state index contributed by atoms with van der Waals surface area (Å²) in [4.78, 5) is 38.9. The van der Waals surface area contributed by atoms with Crippen molar-refractivity contribution in [3.63, 3.8) is 0 Å². The molecule has 0 saturated heterocycles. The van der Waals surface area contributed by atoms with Gasteiger partial charge in [0.05, 0.1) is 38.9 Å². The van der Waals surface area contributed by atoms with E-state index in [4.69, 9.17) is 18.9 Å². The number of methoxy groups -OCH3 is 4. The number of ether oxygens (including phenoxy) is 4. The monoisotopic (exact) mass is 498 g/mol. The topological polar surface area (TPSA) is 112 Å². The van der Waals surface area contributed by atoms with Gasteiger partial charge >= 0.3 is 5.97 Å². The molecule has 3 rings (SSSR count). The highest BCUT2D eigenvalue weighted by molar-refractivity contribution is 7.19. The van der Waals surface area contributed by atoms with Gasteiger partial charge in [0.25, 0.3) is 11.8 Å². The molecule has 0 fully saturated rings. The standard InChI is InChI=1S/C25H26N2O7S/c1-13-7-9-16(10-8-13)26-23(29)21-14(2)19(25(30)34-6)24(35-21)27-22(28)15-11-17(31-3)20(33-5)18(12-15)32-4/h7-12H,1-6H3,(H,26,29)(H,27,28). The molecule has 1 heterocycles. The van der Waals surface area contributed by atoms with Crippen molar-refractivity contribution in [3.8, 4) is 17.2 Å². The Morgan fingerprint density at radius 3 is 1.91 bits per heavy atom. The van der Waals surface area contributed by atoms with Crippen LogP contribution in [0.4, 0.5) is 10.7 Å². The van der Waals surface area contributed by atoms with Crippen LogP contribution >= 0.6 is 11.3 Å². The molecule has 2 N–H and O–H groups in total. The molecular weight excluding hydrogens is 472 g/mol. The number of hydrogen-bond donors (Lipinski definition) is 2. The van der Waals surface area contributed by atoms with E-state index in [0.29, 0.717) is 28.5 Å². The van der Waals surface area contributed by atoms with E-state index in [0.717, 1.165) is 16.9 Å². The van der Waals surface area contributed by atoms with Gasteiger partial charge in [0.1, 0.15) is 5.00 Å². The fourth-order valence-electron chi connectivity index (χ4n) is 3.38. The minimum Gasteiger partial charge on any atom is -0.493 e. The zero-order chi connectivity index (χ0) is 25.7. The van der Waals surface area contributed by atoms with Crippen molar-refractivity contribution in [2.24, 2.45) is 0 Å². The first-order valence-corrected chi connectivity index (χ1v) is 11.3. The van der Waals surface area contributed by atoms with Gasteiger partial charge in [0.2, 0.25) is 5.75 Å². The Balaban J connectivity index is 1.97. The Morgan fingerprint density at radius 1 is 0.800 bits per heavy atom. The van der Waals surface area contributed by atoms with Crippen molar-refractivity contribution >= 4 is 39.8 Å². The number of aryl methyl sites for hydroxylation is 1. The van der Waals surface area contributed by atoms with Crippen LogP contribution in [0.2, 0.25) is 0 Å². The molecule has 35 heavy (non-hydrogen) atoms. The molecule has 0 aliphatic heterocycles. The van der Waals surface area contributed by atoms with Crippen molar-refractivity contribution in [3.05, 3.63) is 63.5 Å². The lowest BCUT2D eigenvalue weighted by atomic mass is 10.1. The third kappa shape index (κ3) is 5.38. The molecule has 1 aromatic heterocycles. The molecule has 0 bridgehead atoms. The number of rotatable bonds is 8. The van der Waals surface area contributed by atoms with E-state index in [-0.39, 0.29) is 21.0 Å². The summed E-state index contributed by atoms with van der Waals surface area (Å²) in [6.07, 6.45) is 0. The van der Waals surface area contributed by atoms with Crippen LogP contribution in [0.3, 0.4) is 0 Å². The first-order valence-electron chi connectivity index (χ1n) is 10.4. The van der Waals surface area contributed by atoms with E-state index in [1.807, 2.05) is 19.1 Å². The third-order valence-electron chi connectivity index (χ3n) is 5.21. The summed E-state index contributed by atoms with van der Waals surface area (Å²) in [7, 11) is 5.57. The maximum Gasteiger partial charge on any atom is 0.341 e. The Labute approximate surface area is 207 Å². The summed E-state index contributed by atoms with van der Waals surface area (Å²) in [6, 6.07) is 10.3. The molecule has 2 aromatic carbocycles. The molecule has 0 aliphatic carbocycles. The lowest BCUT2D eigenvalue weighted by molar-refractivity contribution is 0.0601. The molecule has 0 spiro atoms. The predicted octanol–water partition coefficient (Wildman–Crippen LogP) is 4.68. The van der Waals surface area contributed by atoms with Gasteiger partial charge in [-0.3, -0.25) is 9.59 Å². The second-order valence-corrected chi connectivity index (χ2v) is 8.46. The van der Waals surface area contributed by atoms with Gasteiger partial charge in [-0.15, -0.1) is 11.3 Å². The summed E-state index contributed by atoms with van der Waals surface area (Å²) < 4.78 is 20.8. The van der Waals surface area contributed by atoms with Crippen molar-refractivity contribution in [1.82, 2.24) is 0 Å². The zero-order valence-electron chi connectivity index (χ0n) is 20.2. The SMILES string of the molecule is COC(=O)c1c(NC(=O)c2cc(OC)c(OC)c(OC)c2)sc(C(=O)Nc2ccc(C)cc2)c1C. The minimum absolute atomic E-state index is 0.104. The molecule has 0 unspecified atom stereocenters. The second-order valence-electron chi connectivity index (χ2n) is 7.44. The predicted molar refractivity (Wildman–Crippen MR) is 134 cm³/mol. The number of benzene rings is 2. The van der Waals surface area contributed by atoms with Crippen molar-refractivity contribution < 1.29 is 33.3 Å². The van der Waals surface area contributed by atoms with Gasteiger partial charge in [-0.05, 0) is 43.7 Å². The van der Waals surface area contributed by atoms with Crippen molar-refractivity contribution in [2.75, 3.05) is 39.1 Å². The highest BCUT2D eigenvalue weighted by atomic mass is 32.1. The summed E-state index contributed by atoms with van der Waals surface area (Å²) in [5, 5.41) is 5.71. The van der Waals surface area contributed by atoms with Crippen LogP contribution < -0.4 is 24.8 Å². The fraction of sp³-hybridized carbons (Fsp3) is 0.240.